The van der Waals surface area contributed by atoms with Gasteiger partial charge in [0.15, 0.2) is 11.5 Å². The molecule has 5 aromatic rings. The Kier molecular flexibility index (Phi) is 13.7. The average molecular weight is 828 g/mol. The van der Waals surface area contributed by atoms with E-state index in [4.69, 9.17) is 14.2 Å². The zero-order valence-corrected chi connectivity index (χ0v) is 34.3. The number of anilines is 3. The fourth-order valence-electron chi connectivity index (χ4n) is 7.40. The summed E-state index contributed by atoms with van der Waals surface area (Å²) in [5.74, 6) is 1.18. The first-order valence-corrected chi connectivity index (χ1v) is 20.6. The van der Waals surface area contributed by atoms with Gasteiger partial charge < -0.3 is 30.2 Å². The minimum atomic E-state index is -1.01. The van der Waals surface area contributed by atoms with Crippen LogP contribution in [0.1, 0.15) is 84.1 Å². The SMILES string of the molecule is COc1cc2c(Nc3ccc(Oc4ccccc4)cc3C)ncnc2cc1OCCCCCC(=O)NCCCCCNc1cccc2c1C(=O)N(C1CCC(=O)NC1=O)C2=O. The van der Waals surface area contributed by atoms with Crippen molar-refractivity contribution in [3.63, 3.8) is 0 Å². The Morgan fingerprint density at radius 3 is 2.44 bits per heavy atom. The highest BCUT2D eigenvalue weighted by molar-refractivity contribution is 6.25. The van der Waals surface area contributed by atoms with Crippen LogP contribution in [0.4, 0.5) is 17.2 Å². The first kappa shape index (κ1) is 42.1. The van der Waals surface area contributed by atoms with Crippen LogP contribution in [0.5, 0.6) is 23.0 Å². The molecule has 4 aromatic carbocycles. The summed E-state index contributed by atoms with van der Waals surface area (Å²) < 4.78 is 17.8. The van der Waals surface area contributed by atoms with Gasteiger partial charge in [-0.05, 0) is 106 Å². The maximum Gasteiger partial charge on any atom is 0.264 e. The van der Waals surface area contributed by atoms with Crippen molar-refractivity contribution in [3.05, 3.63) is 102 Å². The van der Waals surface area contributed by atoms with Crippen molar-refractivity contribution >= 4 is 57.6 Å². The van der Waals surface area contributed by atoms with Crippen LogP contribution in [0.25, 0.3) is 10.9 Å². The van der Waals surface area contributed by atoms with E-state index >= 15 is 0 Å². The van der Waals surface area contributed by atoms with E-state index in [1.807, 2.05) is 67.6 Å². The summed E-state index contributed by atoms with van der Waals surface area (Å²) in [7, 11) is 1.60. The molecule has 61 heavy (non-hydrogen) atoms. The number of ether oxygens (including phenoxy) is 3. The molecule has 2 aliphatic heterocycles. The number of aryl methyl sites for hydroxylation is 1. The number of unbranched alkanes of at least 4 members (excludes halogenated alkanes) is 4. The molecule has 7 rings (SSSR count). The number of rotatable bonds is 20. The van der Waals surface area contributed by atoms with E-state index in [1.54, 1.807) is 25.3 Å². The number of carbonyl (C=O) groups is 5. The molecular formula is C46H49N7O8. The van der Waals surface area contributed by atoms with Crippen LogP contribution in [0.3, 0.4) is 0 Å². The molecule has 0 bridgehead atoms. The summed E-state index contributed by atoms with van der Waals surface area (Å²) in [6.45, 7) is 3.59. The van der Waals surface area contributed by atoms with Crippen LogP contribution >= 0.6 is 0 Å². The molecule has 5 amide bonds. The summed E-state index contributed by atoms with van der Waals surface area (Å²) in [6.07, 6.45) is 6.86. The highest BCUT2D eigenvalue weighted by Crippen LogP contribution is 2.36. The van der Waals surface area contributed by atoms with Crippen LogP contribution < -0.4 is 35.5 Å². The monoisotopic (exact) mass is 827 g/mol. The topological polar surface area (TPSA) is 190 Å². The number of benzene rings is 4. The van der Waals surface area contributed by atoms with Gasteiger partial charge in [-0.15, -0.1) is 0 Å². The summed E-state index contributed by atoms with van der Waals surface area (Å²) >= 11 is 0. The van der Waals surface area contributed by atoms with E-state index in [-0.39, 0.29) is 29.9 Å². The first-order chi connectivity index (χ1) is 29.7. The van der Waals surface area contributed by atoms with E-state index in [0.717, 1.165) is 71.6 Å². The van der Waals surface area contributed by atoms with E-state index < -0.39 is 29.7 Å². The van der Waals surface area contributed by atoms with E-state index in [2.05, 4.69) is 31.2 Å². The third-order valence-electron chi connectivity index (χ3n) is 10.6. The Morgan fingerprint density at radius 2 is 1.64 bits per heavy atom. The van der Waals surface area contributed by atoms with E-state index in [9.17, 15) is 24.0 Å². The Morgan fingerprint density at radius 1 is 0.820 bits per heavy atom. The van der Waals surface area contributed by atoms with Crippen molar-refractivity contribution in [2.45, 2.75) is 70.8 Å². The second-order valence-electron chi connectivity index (χ2n) is 14.9. The fraction of sp³-hybridized carbons (Fsp3) is 0.326. The van der Waals surface area contributed by atoms with Gasteiger partial charge in [0, 0.05) is 48.8 Å². The molecule has 0 spiro atoms. The zero-order chi connectivity index (χ0) is 42.7. The molecular weight excluding hydrogens is 779 g/mol. The number of carbonyl (C=O) groups excluding carboxylic acids is 5. The smallest absolute Gasteiger partial charge is 0.264 e. The summed E-state index contributed by atoms with van der Waals surface area (Å²) in [6, 6.07) is 23.2. The second kappa shape index (κ2) is 19.8. The van der Waals surface area contributed by atoms with Crippen molar-refractivity contribution in [1.82, 2.24) is 25.5 Å². The lowest BCUT2D eigenvalue weighted by molar-refractivity contribution is -0.136. The predicted molar refractivity (Wildman–Crippen MR) is 229 cm³/mol. The number of piperidine rings is 1. The number of imide groups is 2. The summed E-state index contributed by atoms with van der Waals surface area (Å²) in [5.41, 5.74) is 3.59. The quantitative estimate of drug-likeness (QED) is 0.0456. The number of nitrogens with one attached hydrogen (secondary N) is 4. The minimum absolute atomic E-state index is 0.00888. The normalized spacial score (nSPS) is 14.7. The van der Waals surface area contributed by atoms with Crippen molar-refractivity contribution < 1.29 is 38.2 Å². The Hall–Kier alpha value is -7.03. The van der Waals surface area contributed by atoms with E-state index in [1.165, 1.54) is 6.33 Å². The number of para-hydroxylation sites is 1. The third-order valence-corrected chi connectivity index (χ3v) is 10.6. The highest BCUT2D eigenvalue weighted by Gasteiger charge is 2.45. The number of methoxy groups -OCH3 is 1. The molecule has 0 aliphatic carbocycles. The first-order valence-electron chi connectivity index (χ1n) is 20.6. The van der Waals surface area contributed by atoms with Gasteiger partial charge in [-0.1, -0.05) is 24.3 Å². The Bertz CT molecular complexity index is 2430. The molecule has 1 saturated heterocycles. The fourth-order valence-corrected chi connectivity index (χ4v) is 7.40. The minimum Gasteiger partial charge on any atom is -0.493 e. The molecule has 1 atom stereocenters. The van der Waals surface area contributed by atoms with Crippen LogP contribution in [0.2, 0.25) is 0 Å². The number of nitrogens with zero attached hydrogens (tertiary/aromatic N) is 3. The van der Waals surface area contributed by atoms with Crippen molar-refractivity contribution in [2.24, 2.45) is 0 Å². The molecule has 0 saturated carbocycles. The van der Waals surface area contributed by atoms with Crippen LogP contribution in [-0.4, -0.2) is 77.3 Å². The molecule has 1 fully saturated rings. The molecule has 316 valence electrons. The number of aromatic nitrogens is 2. The molecule has 4 N–H and O–H groups in total. The Balaban J connectivity index is 0.785. The van der Waals surface area contributed by atoms with Gasteiger partial charge >= 0.3 is 0 Å². The molecule has 1 aromatic heterocycles. The summed E-state index contributed by atoms with van der Waals surface area (Å²) in [4.78, 5) is 72.7. The summed E-state index contributed by atoms with van der Waals surface area (Å²) in [5, 5.41) is 12.7. The van der Waals surface area contributed by atoms with Gasteiger partial charge in [0.1, 0.15) is 29.7 Å². The molecule has 15 nitrogen and oxygen atoms in total. The van der Waals surface area contributed by atoms with E-state index in [0.29, 0.717) is 54.6 Å². The third kappa shape index (κ3) is 10.2. The van der Waals surface area contributed by atoms with Crippen molar-refractivity contribution in [2.75, 3.05) is 37.4 Å². The average Bonchev–Trinajstić information content (AvgIpc) is 3.51. The van der Waals surface area contributed by atoms with Gasteiger partial charge in [-0.3, -0.25) is 34.2 Å². The van der Waals surface area contributed by atoms with Crippen LogP contribution in [0.15, 0.2) is 85.2 Å². The zero-order valence-electron chi connectivity index (χ0n) is 34.3. The second-order valence-corrected chi connectivity index (χ2v) is 14.9. The number of fused-ring (bicyclic) bond motifs is 2. The molecule has 2 aliphatic rings. The van der Waals surface area contributed by atoms with Crippen LogP contribution in [-0.2, 0) is 14.4 Å². The van der Waals surface area contributed by atoms with Gasteiger partial charge in [0.2, 0.25) is 17.7 Å². The van der Waals surface area contributed by atoms with Crippen LogP contribution in [0, 0.1) is 6.92 Å². The Labute approximate surface area is 353 Å². The highest BCUT2D eigenvalue weighted by atomic mass is 16.5. The lowest BCUT2D eigenvalue weighted by Crippen LogP contribution is -2.54. The van der Waals surface area contributed by atoms with Crippen molar-refractivity contribution in [3.8, 4) is 23.0 Å². The predicted octanol–water partition coefficient (Wildman–Crippen LogP) is 7.22. The molecule has 3 heterocycles. The lowest BCUT2D eigenvalue weighted by Gasteiger charge is -2.27. The maximum absolute atomic E-state index is 13.3. The largest absolute Gasteiger partial charge is 0.493 e. The van der Waals surface area contributed by atoms with Gasteiger partial charge in [0.05, 0.1) is 30.4 Å². The van der Waals surface area contributed by atoms with Crippen molar-refractivity contribution in [1.29, 1.82) is 0 Å². The van der Waals surface area contributed by atoms with Gasteiger partial charge in [-0.25, -0.2) is 9.97 Å². The van der Waals surface area contributed by atoms with Gasteiger partial charge in [-0.2, -0.15) is 0 Å². The molecule has 15 heteroatoms. The number of hydrogen-bond donors (Lipinski definition) is 4. The molecule has 0 radical (unpaired) electrons. The molecule has 1 unspecified atom stereocenters. The maximum atomic E-state index is 13.3. The van der Waals surface area contributed by atoms with Gasteiger partial charge in [0.25, 0.3) is 11.8 Å². The number of amides is 5. The standard InChI is InChI=1S/C46H49N7O8/c1-29-25-31(61-30-13-6-3-7-14-30)18-19-34(29)51-43-33-26-38(59-2)39(27-36(33)49-28-50-43)60-24-11-4-8-17-40(54)48-23-10-5-9-22-47-35-16-12-15-32-42(35)46(58)53(45(32)57)37-20-21-41(55)52-44(37)56/h3,6-7,12-16,18-19,25-28,37,47H,4-5,8-11,17,20-24H2,1-2H3,(H,48,54)(H,49,50,51)(H,52,55,56). The lowest BCUT2D eigenvalue weighted by atomic mass is 10.0. The number of hydrogen-bond acceptors (Lipinski definition) is 12.